The fourth-order valence-corrected chi connectivity index (χ4v) is 6.89. The summed E-state index contributed by atoms with van der Waals surface area (Å²) in [7, 11) is 0. The summed E-state index contributed by atoms with van der Waals surface area (Å²) in [6.45, 7) is 3.82. The van der Waals surface area contributed by atoms with Crippen molar-refractivity contribution in [3.05, 3.63) is 87.5 Å². The summed E-state index contributed by atoms with van der Waals surface area (Å²) in [4.78, 5) is 17.1. The van der Waals surface area contributed by atoms with Crippen molar-refractivity contribution in [1.29, 1.82) is 0 Å². The van der Waals surface area contributed by atoms with Gasteiger partial charge < -0.3 is 4.90 Å². The lowest BCUT2D eigenvalue weighted by molar-refractivity contribution is 0.212. The average molecular weight is 475 g/mol. The Bertz CT molecular complexity index is 1260. The van der Waals surface area contributed by atoms with Crippen molar-refractivity contribution >= 4 is 39.0 Å². The van der Waals surface area contributed by atoms with Gasteiger partial charge in [0.1, 0.15) is 17.0 Å². The zero-order chi connectivity index (χ0) is 22.2. The molecule has 2 aromatic heterocycles. The number of hydrogen-bond donors (Lipinski definition) is 0. The van der Waals surface area contributed by atoms with Crippen LogP contribution in [0.4, 0.5) is 5.82 Å². The number of halogens is 1. The monoisotopic (exact) mass is 474 g/mol. The van der Waals surface area contributed by atoms with Crippen LogP contribution in [0.1, 0.15) is 40.5 Å². The molecular weight excluding hydrogens is 448 g/mol. The van der Waals surface area contributed by atoms with Crippen LogP contribution in [0, 0.1) is 0 Å². The second kappa shape index (κ2) is 9.05. The lowest BCUT2D eigenvalue weighted by Crippen LogP contribution is -2.48. The molecule has 1 aliphatic heterocycles. The molecule has 3 heterocycles. The highest BCUT2D eigenvalue weighted by atomic mass is 35.5. The fraction of sp³-hybridized carbons (Fsp3) is 0.333. The Kier molecular flexibility index (Phi) is 5.78. The summed E-state index contributed by atoms with van der Waals surface area (Å²) in [6.07, 6.45) is 6.68. The summed E-state index contributed by atoms with van der Waals surface area (Å²) in [6, 6.07) is 19.2. The molecule has 1 atom stereocenters. The highest BCUT2D eigenvalue weighted by Gasteiger charge is 2.30. The van der Waals surface area contributed by atoms with Crippen molar-refractivity contribution < 1.29 is 0 Å². The molecule has 1 fully saturated rings. The van der Waals surface area contributed by atoms with Crippen molar-refractivity contribution in [3.63, 3.8) is 0 Å². The van der Waals surface area contributed by atoms with Crippen LogP contribution in [-0.4, -0.2) is 41.0 Å². The number of fused-ring (bicyclic) bond motifs is 3. The predicted molar refractivity (Wildman–Crippen MR) is 138 cm³/mol. The van der Waals surface area contributed by atoms with Gasteiger partial charge in [-0.3, -0.25) is 4.90 Å². The van der Waals surface area contributed by atoms with E-state index in [0.717, 1.165) is 48.3 Å². The van der Waals surface area contributed by atoms with Gasteiger partial charge in [-0.1, -0.05) is 60.1 Å². The minimum absolute atomic E-state index is 0.154. The molecule has 0 radical (unpaired) electrons. The number of aryl methyl sites for hydroxylation is 2. The first-order valence-electron chi connectivity index (χ1n) is 11.8. The van der Waals surface area contributed by atoms with Crippen LogP contribution in [0.3, 0.4) is 0 Å². The molecule has 0 spiro atoms. The third-order valence-corrected chi connectivity index (χ3v) is 8.57. The molecule has 1 unspecified atom stereocenters. The van der Waals surface area contributed by atoms with E-state index in [1.165, 1.54) is 46.2 Å². The lowest BCUT2D eigenvalue weighted by Gasteiger charge is -2.40. The number of piperazine rings is 1. The summed E-state index contributed by atoms with van der Waals surface area (Å²) in [5.41, 5.74) is 3.98. The Balaban J connectivity index is 1.30. The third kappa shape index (κ3) is 3.92. The number of benzene rings is 2. The largest absolute Gasteiger partial charge is 0.353 e. The number of rotatable bonds is 4. The first-order chi connectivity index (χ1) is 16.3. The van der Waals surface area contributed by atoms with Crippen LogP contribution in [0.2, 0.25) is 5.02 Å². The zero-order valence-electron chi connectivity index (χ0n) is 18.6. The van der Waals surface area contributed by atoms with E-state index in [1.807, 2.05) is 23.5 Å². The van der Waals surface area contributed by atoms with E-state index in [2.05, 4.69) is 57.2 Å². The standard InChI is InChI=1S/C27H27ClN4S/c28-22-12-6-4-10-20(22)25(19-8-2-1-3-9-19)31-14-16-32(17-15-31)26-24-21-11-5-7-13-23(21)33-27(24)30-18-29-26/h1-4,6,8-10,12,18,25H,5,7,11,13-17H2. The van der Waals surface area contributed by atoms with Gasteiger partial charge in [0, 0.05) is 36.1 Å². The molecule has 0 bridgehead atoms. The van der Waals surface area contributed by atoms with E-state index in [4.69, 9.17) is 16.6 Å². The number of nitrogens with zero attached hydrogens (tertiary/aromatic N) is 4. The van der Waals surface area contributed by atoms with E-state index in [0.29, 0.717) is 0 Å². The van der Waals surface area contributed by atoms with Crippen molar-refractivity contribution in [2.45, 2.75) is 31.7 Å². The molecule has 1 aliphatic carbocycles. The third-order valence-electron chi connectivity index (χ3n) is 7.03. The lowest BCUT2D eigenvalue weighted by atomic mass is 9.96. The van der Waals surface area contributed by atoms with Gasteiger partial charge in [0.05, 0.1) is 11.4 Å². The number of anilines is 1. The van der Waals surface area contributed by atoms with Crippen LogP contribution >= 0.6 is 22.9 Å². The first-order valence-corrected chi connectivity index (χ1v) is 13.0. The number of thiophene rings is 1. The van der Waals surface area contributed by atoms with Crippen molar-refractivity contribution in [2.75, 3.05) is 31.1 Å². The van der Waals surface area contributed by atoms with Gasteiger partial charge in [0.15, 0.2) is 0 Å². The molecule has 1 saturated heterocycles. The van der Waals surface area contributed by atoms with Crippen molar-refractivity contribution in [3.8, 4) is 0 Å². The second-order valence-electron chi connectivity index (χ2n) is 8.95. The smallest absolute Gasteiger partial charge is 0.141 e. The molecule has 6 heteroatoms. The van der Waals surface area contributed by atoms with Gasteiger partial charge in [-0.15, -0.1) is 11.3 Å². The van der Waals surface area contributed by atoms with Gasteiger partial charge in [0.25, 0.3) is 0 Å². The van der Waals surface area contributed by atoms with Crippen molar-refractivity contribution in [2.24, 2.45) is 0 Å². The number of aromatic nitrogens is 2. The van der Waals surface area contributed by atoms with Crippen LogP contribution in [0.15, 0.2) is 60.9 Å². The summed E-state index contributed by atoms with van der Waals surface area (Å²) < 4.78 is 0. The van der Waals surface area contributed by atoms with E-state index in [1.54, 1.807) is 6.33 Å². The molecule has 2 aromatic carbocycles. The Labute approximate surface area is 203 Å². The molecule has 33 heavy (non-hydrogen) atoms. The van der Waals surface area contributed by atoms with Gasteiger partial charge in [-0.25, -0.2) is 9.97 Å². The predicted octanol–water partition coefficient (Wildman–Crippen LogP) is 6.14. The quantitative estimate of drug-likeness (QED) is 0.356. The molecule has 4 aromatic rings. The maximum absolute atomic E-state index is 6.68. The highest BCUT2D eigenvalue weighted by molar-refractivity contribution is 7.19. The Morgan fingerprint density at radius 2 is 1.61 bits per heavy atom. The molecule has 2 aliphatic rings. The maximum Gasteiger partial charge on any atom is 0.141 e. The molecular formula is C27H27ClN4S. The number of hydrogen-bond acceptors (Lipinski definition) is 5. The SMILES string of the molecule is Clc1ccccc1C(c1ccccc1)N1CCN(c2ncnc3sc4c(c23)CCCC4)CC1. The fourth-order valence-electron chi connectivity index (χ4n) is 5.42. The average Bonchev–Trinajstić information content (AvgIpc) is 3.25. The van der Waals surface area contributed by atoms with Gasteiger partial charge >= 0.3 is 0 Å². The van der Waals surface area contributed by atoms with Gasteiger partial charge in [-0.05, 0) is 48.4 Å². The van der Waals surface area contributed by atoms with Crippen LogP contribution in [0.25, 0.3) is 10.2 Å². The molecule has 168 valence electrons. The maximum atomic E-state index is 6.68. The van der Waals surface area contributed by atoms with Crippen LogP contribution < -0.4 is 4.90 Å². The first kappa shape index (κ1) is 21.1. The topological polar surface area (TPSA) is 32.3 Å². The van der Waals surface area contributed by atoms with E-state index in [-0.39, 0.29) is 6.04 Å². The Morgan fingerprint density at radius 1 is 0.848 bits per heavy atom. The minimum Gasteiger partial charge on any atom is -0.353 e. The summed E-state index contributed by atoms with van der Waals surface area (Å²) >= 11 is 8.56. The normalized spacial score (nSPS) is 17.8. The summed E-state index contributed by atoms with van der Waals surface area (Å²) in [5.74, 6) is 1.13. The Hall–Kier alpha value is -2.47. The molecule has 0 amide bonds. The highest BCUT2D eigenvalue weighted by Crippen LogP contribution is 2.40. The van der Waals surface area contributed by atoms with Gasteiger partial charge in [0.2, 0.25) is 0 Å². The molecule has 0 saturated carbocycles. The van der Waals surface area contributed by atoms with E-state index >= 15 is 0 Å². The zero-order valence-corrected chi connectivity index (χ0v) is 20.2. The van der Waals surface area contributed by atoms with E-state index < -0.39 is 0 Å². The van der Waals surface area contributed by atoms with E-state index in [9.17, 15) is 0 Å². The summed E-state index contributed by atoms with van der Waals surface area (Å²) in [5, 5.41) is 2.15. The minimum atomic E-state index is 0.154. The molecule has 6 rings (SSSR count). The second-order valence-corrected chi connectivity index (χ2v) is 10.4. The van der Waals surface area contributed by atoms with Crippen LogP contribution in [0.5, 0.6) is 0 Å². The molecule has 0 N–H and O–H groups in total. The van der Waals surface area contributed by atoms with Crippen LogP contribution in [-0.2, 0) is 12.8 Å². The Morgan fingerprint density at radius 3 is 2.42 bits per heavy atom. The molecule has 4 nitrogen and oxygen atoms in total. The van der Waals surface area contributed by atoms with Crippen molar-refractivity contribution in [1.82, 2.24) is 14.9 Å². The van der Waals surface area contributed by atoms with Gasteiger partial charge in [-0.2, -0.15) is 0 Å².